The molecule has 0 aromatic heterocycles. The predicted octanol–water partition coefficient (Wildman–Crippen LogP) is 1.82. The van der Waals surface area contributed by atoms with Crippen LogP contribution in [0.3, 0.4) is 0 Å². The quantitative estimate of drug-likeness (QED) is 0.733. The molecule has 3 nitrogen and oxygen atoms in total. The minimum atomic E-state index is 0.184. The van der Waals surface area contributed by atoms with Crippen LogP contribution in [0, 0.1) is 5.92 Å². The van der Waals surface area contributed by atoms with Crippen LogP contribution in [-0.4, -0.2) is 39.5 Å². The molecule has 0 aromatic rings. The summed E-state index contributed by atoms with van der Waals surface area (Å²) >= 11 is 0. The van der Waals surface area contributed by atoms with Gasteiger partial charge in [0.05, 0.1) is 12.7 Å². The fraction of sp³-hybridized carbons (Fsp3) is 1.00. The van der Waals surface area contributed by atoms with Crippen molar-refractivity contribution in [1.29, 1.82) is 0 Å². The van der Waals surface area contributed by atoms with Crippen molar-refractivity contribution in [2.45, 2.75) is 44.8 Å². The van der Waals surface area contributed by atoms with E-state index in [0.717, 1.165) is 12.5 Å². The maximum absolute atomic E-state index is 5.33. The molecular weight excluding hydrogens is 190 g/mol. The molecule has 0 heterocycles. The molecule has 15 heavy (non-hydrogen) atoms. The van der Waals surface area contributed by atoms with Gasteiger partial charge >= 0.3 is 0 Å². The lowest BCUT2D eigenvalue weighted by Crippen LogP contribution is -2.42. The first-order valence-corrected chi connectivity index (χ1v) is 6.03. The SMILES string of the molecule is COCC(CNC1CCCCC1C)OC. The second-order valence-corrected chi connectivity index (χ2v) is 4.59. The van der Waals surface area contributed by atoms with Crippen molar-refractivity contribution in [3.8, 4) is 0 Å². The minimum Gasteiger partial charge on any atom is -0.382 e. The summed E-state index contributed by atoms with van der Waals surface area (Å²) in [6.07, 6.45) is 5.61. The van der Waals surface area contributed by atoms with Crippen LogP contribution in [-0.2, 0) is 9.47 Å². The van der Waals surface area contributed by atoms with E-state index in [1.165, 1.54) is 25.7 Å². The van der Waals surface area contributed by atoms with Crippen LogP contribution in [0.15, 0.2) is 0 Å². The molecule has 1 aliphatic carbocycles. The first kappa shape index (κ1) is 12.9. The summed E-state index contributed by atoms with van der Waals surface area (Å²) < 4.78 is 10.4. The van der Waals surface area contributed by atoms with Crippen LogP contribution >= 0.6 is 0 Å². The van der Waals surface area contributed by atoms with Gasteiger partial charge in [-0.3, -0.25) is 0 Å². The molecule has 3 atom stereocenters. The molecule has 90 valence electrons. The Morgan fingerprint density at radius 1 is 1.27 bits per heavy atom. The molecule has 0 radical (unpaired) electrons. The lowest BCUT2D eigenvalue weighted by molar-refractivity contribution is 0.0253. The highest BCUT2D eigenvalue weighted by atomic mass is 16.5. The largest absolute Gasteiger partial charge is 0.382 e. The van der Waals surface area contributed by atoms with E-state index in [1.54, 1.807) is 14.2 Å². The van der Waals surface area contributed by atoms with Gasteiger partial charge in [-0.25, -0.2) is 0 Å². The van der Waals surface area contributed by atoms with Gasteiger partial charge in [0, 0.05) is 26.8 Å². The number of nitrogens with one attached hydrogen (secondary N) is 1. The van der Waals surface area contributed by atoms with Crippen LogP contribution in [0.2, 0.25) is 0 Å². The van der Waals surface area contributed by atoms with E-state index in [9.17, 15) is 0 Å². The summed E-state index contributed by atoms with van der Waals surface area (Å²) in [7, 11) is 3.46. The van der Waals surface area contributed by atoms with E-state index >= 15 is 0 Å². The van der Waals surface area contributed by atoms with E-state index in [2.05, 4.69) is 12.2 Å². The Morgan fingerprint density at radius 3 is 2.60 bits per heavy atom. The molecule has 1 N–H and O–H groups in total. The number of hydrogen-bond donors (Lipinski definition) is 1. The van der Waals surface area contributed by atoms with Crippen LogP contribution in [0.25, 0.3) is 0 Å². The Hall–Kier alpha value is -0.120. The Labute approximate surface area is 93.5 Å². The smallest absolute Gasteiger partial charge is 0.0928 e. The third kappa shape index (κ3) is 4.49. The zero-order valence-electron chi connectivity index (χ0n) is 10.3. The van der Waals surface area contributed by atoms with Crippen molar-refractivity contribution >= 4 is 0 Å². The predicted molar refractivity (Wildman–Crippen MR) is 62.1 cm³/mol. The zero-order valence-corrected chi connectivity index (χ0v) is 10.3. The van der Waals surface area contributed by atoms with E-state index in [-0.39, 0.29) is 6.10 Å². The first-order valence-electron chi connectivity index (χ1n) is 6.03. The molecule has 3 unspecified atom stereocenters. The van der Waals surface area contributed by atoms with Gasteiger partial charge in [-0.1, -0.05) is 19.8 Å². The molecule has 1 fully saturated rings. The molecular formula is C12H25NO2. The lowest BCUT2D eigenvalue weighted by Gasteiger charge is -2.30. The highest BCUT2D eigenvalue weighted by Crippen LogP contribution is 2.23. The summed E-state index contributed by atoms with van der Waals surface area (Å²) in [6, 6.07) is 0.674. The van der Waals surface area contributed by atoms with Gasteiger partial charge in [-0.2, -0.15) is 0 Å². The van der Waals surface area contributed by atoms with Crippen molar-refractivity contribution in [3.05, 3.63) is 0 Å². The first-order chi connectivity index (χ1) is 7.27. The molecule has 3 heteroatoms. The van der Waals surface area contributed by atoms with E-state index in [1.807, 2.05) is 0 Å². The summed E-state index contributed by atoms with van der Waals surface area (Å²) in [4.78, 5) is 0. The normalized spacial score (nSPS) is 29.0. The number of hydrogen-bond acceptors (Lipinski definition) is 3. The highest BCUT2D eigenvalue weighted by molar-refractivity contribution is 4.79. The molecule has 0 saturated heterocycles. The Balaban J connectivity index is 2.21. The number of ether oxygens (including phenoxy) is 2. The summed E-state index contributed by atoms with van der Waals surface area (Å²) in [5.74, 6) is 0.804. The Morgan fingerprint density at radius 2 is 2.00 bits per heavy atom. The number of methoxy groups -OCH3 is 2. The van der Waals surface area contributed by atoms with Gasteiger partial charge in [-0.15, -0.1) is 0 Å². The van der Waals surface area contributed by atoms with Gasteiger partial charge < -0.3 is 14.8 Å². The molecule has 0 spiro atoms. The van der Waals surface area contributed by atoms with Crippen LogP contribution in [0.1, 0.15) is 32.6 Å². The summed E-state index contributed by atoms with van der Waals surface area (Å²) in [5, 5.41) is 3.60. The average molecular weight is 215 g/mol. The second kappa shape index (κ2) is 7.20. The molecule has 1 aliphatic rings. The van der Waals surface area contributed by atoms with Crippen molar-refractivity contribution < 1.29 is 9.47 Å². The lowest BCUT2D eigenvalue weighted by atomic mass is 9.86. The van der Waals surface area contributed by atoms with Gasteiger partial charge in [0.25, 0.3) is 0 Å². The summed E-state index contributed by atoms with van der Waals surface area (Å²) in [6.45, 7) is 3.92. The maximum atomic E-state index is 5.33. The fourth-order valence-electron chi connectivity index (χ4n) is 2.30. The second-order valence-electron chi connectivity index (χ2n) is 4.59. The third-order valence-corrected chi connectivity index (χ3v) is 3.41. The van der Waals surface area contributed by atoms with Crippen molar-refractivity contribution in [1.82, 2.24) is 5.32 Å². The molecule has 0 aromatic carbocycles. The summed E-state index contributed by atoms with van der Waals surface area (Å²) in [5.41, 5.74) is 0. The maximum Gasteiger partial charge on any atom is 0.0928 e. The average Bonchev–Trinajstić information content (AvgIpc) is 2.26. The van der Waals surface area contributed by atoms with Gasteiger partial charge in [0.2, 0.25) is 0 Å². The van der Waals surface area contributed by atoms with Gasteiger partial charge in [0.1, 0.15) is 0 Å². The van der Waals surface area contributed by atoms with Crippen LogP contribution in [0.4, 0.5) is 0 Å². The number of rotatable bonds is 6. The highest BCUT2D eigenvalue weighted by Gasteiger charge is 2.21. The Kier molecular flexibility index (Phi) is 6.22. The van der Waals surface area contributed by atoms with E-state index in [4.69, 9.17) is 9.47 Å². The molecule has 0 amide bonds. The Bertz CT molecular complexity index is 164. The van der Waals surface area contributed by atoms with Gasteiger partial charge in [0.15, 0.2) is 0 Å². The van der Waals surface area contributed by atoms with Crippen LogP contribution in [0.5, 0.6) is 0 Å². The molecule has 1 rings (SSSR count). The zero-order chi connectivity index (χ0) is 11.1. The van der Waals surface area contributed by atoms with Crippen LogP contribution < -0.4 is 5.32 Å². The molecule has 0 bridgehead atoms. The molecule has 0 aliphatic heterocycles. The monoisotopic (exact) mass is 215 g/mol. The van der Waals surface area contributed by atoms with Crippen molar-refractivity contribution in [2.75, 3.05) is 27.4 Å². The standard InChI is InChI=1S/C12H25NO2/c1-10-6-4-5-7-12(10)13-8-11(15-3)9-14-2/h10-13H,4-9H2,1-3H3. The van der Waals surface area contributed by atoms with Gasteiger partial charge in [-0.05, 0) is 18.8 Å². The van der Waals surface area contributed by atoms with Crippen molar-refractivity contribution in [3.63, 3.8) is 0 Å². The molecule has 1 saturated carbocycles. The minimum absolute atomic E-state index is 0.184. The van der Waals surface area contributed by atoms with E-state index < -0.39 is 0 Å². The third-order valence-electron chi connectivity index (χ3n) is 3.41. The van der Waals surface area contributed by atoms with E-state index in [0.29, 0.717) is 12.6 Å². The fourth-order valence-corrected chi connectivity index (χ4v) is 2.30. The van der Waals surface area contributed by atoms with Crippen molar-refractivity contribution in [2.24, 2.45) is 5.92 Å². The topological polar surface area (TPSA) is 30.5 Å².